The Hall–Kier alpha value is -2.15. The van der Waals surface area contributed by atoms with Gasteiger partial charge in [-0.1, -0.05) is 31.5 Å². The van der Waals surface area contributed by atoms with Crippen LogP contribution < -0.4 is 0 Å². The minimum atomic E-state index is -1.55. The SMILES string of the molecule is CC(=O)OC1=C(Cl)C(C)(C)C=C(C(OC(C)=O)OC(C)=O)C1=O. The van der Waals surface area contributed by atoms with E-state index in [-0.39, 0.29) is 16.4 Å². The summed E-state index contributed by atoms with van der Waals surface area (Å²) < 4.78 is 14.6. The van der Waals surface area contributed by atoms with Crippen LogP contribution in [0.2, 0.25) is 0 Å². The highest BCUT2D eigenvalue weighted by Crippen LogP contribution is 2.41. The summed E-state index contributed by atoms with van der Waals surface area (Å²) in [5, 5.41) is 0.0193. The van der Waals surface area contributed by atoms with Crippen molar-refractivity contribution in [2.24, 2.45) is 5.41 Å². The second kappa shape index (κ2) is 6.95. The summed E-state index contributed by atoms with van der Waals surface area (Å²) >= 11 is 6.12. The van der Waals surface area contributed by atoms with Crippen LogP contribution in [0.4, 0.5) is 0 Å². The molecule has 0 amide bonds. The number of carbonyl (C=O) groups is 4. The molecule has 23 heavy (non-hydrogen) atoms. The molecule has 0 aromatic carbocycles. The standard InChI is InChI=1S/C15H17ClO7/c1-7(17)21-12-11(20)10(6-15(4,5)13(12)16)14(22-8(2)18)23-9(3)19/h6,14H,1-5H3. The number of halogens is 1. The second-order valence-corrected chi connectivity index (χ2v) is 5.82. The molecule has 0 spiro atoms. The molecule has 8 heteroatoms. The Balaban J connectivity index is 3.33. The lowest BCUT2D eigenvalue weighted by atomic mass is 9.83. The first-order valence-electron chi connectivity index (χ1n) is 6.66. The highest BCUT2D eigenvalue weighted by Gasteiger charge is 2.40. The van der Waals surface area contributed by atoms with Crippen LogP contribution in [0.25, 0.3) is 0 Å². The second-order valence-electron chi connectivity index (χ2n) is 5.44. The maximum absolute atomic E-state index is 12.5. The molecule has 0 aromatic rings. The Bertz CT molecular complexity index is 612. The van der Waals surface area contributed by atoms with Crippen molar-refractivity contribution in [1.29, 1.82) is 0 Å². The van der Waals surface area contributed by atoms with Crippen LogP contribution in [0.1, 0.15) is 34.6 Å². The van der Waals surface area contributed by atoms with Crippen LogP contribution in [-0.2, 0) is 33.4 Å². The van der Waals surface area contributed by atoms with Gasteiger partial charge in [-0.2, -0.15) is 0 Å². The number of Topliss-reactive ketones (excluding diaryl/α,β-unsaturated/α-hetero) is 1. The van der Waals surface area contributed by atoms with Crippen molar-refractivity contribution in [1.82, 2.24) is 0 Å². The summed E-state index contributed by atoms with van der Waals surface area (Å²) in [5.74, 6) is -3.42. The molecular formula is C15H17ClO7. The van der Waals surface area contributed by atoms with Crippen molar-refractivity contribution < 1.29 is 33.4 Å². The van der Waals surface area contributed by atoms with Crippen LogP contribution >= 0.6 is 11.6 Å². The molecule has 1 rings (SSSR count). The molecule has 0 saturated heterocycles. The van der Waals surface area contributed by atoms with E-state index in [2.05, 4.69) is 0 Å². The predicted molar refractivity (Wildman–Crippen MR) is 78.8 cm³/mol. The number of ether oxygens (including phenoxy) is 3. The molecule has 0 aromatic heterocycles. The third-order valence-electron chi connectivity index (χ3n) is 2.80. The number of rotatable bonds is 4. The van der Waals surface area contributed by atoms with Gasteiger partial charge in [-0.3, -0.25) is 19.2 Å². The van der Waals surface area contributed by atoms with Gasteiger partial charge in [0.15, 0.2) is 5.76 Å². The Morgan fingerprint density at radius 1 is 1.04 bits per heavy atom. The smallest absolute Gasteiger partial charge is 0.308 e. The minimum absolute atomic E-state index is 0.0193. The molecule has 126 valence electrons. The predicted octanol–water partition coefficient (Wildman–Crippen LogP) is 1.99. The largest absolute Gasteiger partial charge is 0.421 e. The lowest BCUT2D eigenvalue weighted by Crippen LogP contribution is -2.34. The fourth-order valence-electron chi connectivity index (χ4n) is 1.90. The molecule has 1 aliphatic carbocycles. The Kier molecular flexibility index (Phi) is 5.71. The van der Waals surface area contributed by atoms with Crippen LogP contribution in [0, 0.1) is 5.41 Å². The molecule has 0 heterocycles. The lowest BCUT2D eigenvalue weighted by Gasteiger charge is -2.30. The number of hydrogen-bond donors (Lipinski definition) is 0. The van der Waals surface area contributed by atoms with Gasteiger partial charge in [0.1, 0.15) is 0 Å². The zero-order valence-corrected chi connectivity index (χ0v) is 14.1. The van der Waals surface area contributed by atoms with Crippen molar-refractivity contribution in [3.8, 4) is 0 Å². The Morgan fingerprint density at radius 3 is 1.91 bits per heavy atom. The van der Waals surface area contributed by atoms with Gasteiger partial charge in [0.25, 0.3) is 6.29 Å². The average molecular weight is 345 g/mol. The lowest BCUT2D eigenvalue weighted by molar-refractivity contribution is -0.178. The van der Waals surface area contributed by atoms with Gasteiger partial charge in [-0.15, -0.1) is 0 Å². The van der Waals surface area contributed by atoms with Crippen LogP contribution in [-0.4, -0.2) is 30.0 Å². The summed E-state index contributed by atoms with van der Waals surface area (Å²) in [6.45, 7) is 6.63. The monoisotopic (exact) mass is 344 g/mol. The molecule has 0 fully saturated rings. The van der Waals surface area contributed by atoms with Gasteiger partial charge < -0.3 is 14.2 Å². The van der Waals surface area contributed by atoms with E-state index >= 15 is 0 Å². The van der Waals surface area contributed by atoms with E-state index in [9.17, 15) is 19.2 Å². The van der Waals surface area contributed by atoms with Crippen molar-refractivity contribution in [3.05, 3.63) is 22.4 Å². The normalized spacial score (nSPS) is 16.8. The number of allylic oxidation sites excluding steroid dienone is 3. The summed E-state index contributed by atoms with van der Waals surface area (Å²) in [6, 6.07) is 0. The van der Waals surface area contributed by atoms with E-state index < -0.39 is 35.4 Å². The Labute approximate surface area is 138 Å². The first-order valence-corrected chi connectivity index (χ1v) is 7.04. The zero-order chi connectivity index (χ0) is 17.9. The third-order valence-corrected chi connectivity index (χ3v) is 3.45. The molecule has 0 atom stereocenters. The molecule has 0 aliphatic heterocycles. The van der Waals surface area contributed by atoms with E-state index in [1.165, 1.54) is 6.08 Å². The van der Waals surface area contributed by atoms with Crippen LogP contribution in [0.15, 0.2) is 22.4 Å². The van der Waals surface area contributed by atoms with E-state index in [1.54, 1.807) is 13.8 Å². The summed E-state index contributed by atoms with van der Waals surface area (Å²) in [7, 11) is 0. The van der Waals surface area contributed by atoms with Gasteiger partial charge in [-0.05, 0) is 0 Å². The van der Waals surface area contributed by atoms with E-state index in [1.807, 2.05) is 0 Å². The minimum Gasteiger partial charge on any atom is -0.421 e. The van der Waals surface area contributed by atoms with Crippen molar-refractivity contribution >= 4 is 35.3 Å². The molecule has 0 radical (unpaired) electrons. The quantitative estimate of drug-likeness (QED) is 0.568. The van der Waals surface area contributed by atoms with Crippen LogP contribution in [0.3, 0.4) is 0 Å². The number of hydrogen-bond acceptors (Lipinski definition) is 7. The van der Waals surface area contributed by atoms with Crippen molar-refractivity contribution in [3.63, 3.8) is 0 Å². The molecule has 1 aliphatic rings. The molecular weight excluding hydrogens is 328 g/mol. The van der Waals surface area contributed by atoms with E-state index in [0.717, 1.165) is 20.8 Å². The van der Waals surface area contributed by atoms with Crippen molar-refractivity contribution in [2.75, 3.05) is 0 Å². The molecule has 0 saturated carbocycles. The molecule has 0 unspecified atom stereocenters. The van der Waals surface area contributed by atoms with Crippen LogP contribution in [0.5, 0.6) is 0 Å². The van der Waals surface area contributed by atoms with Gasteiger partial charge >= 0.3 is 17.9 Å². The summed E-state index contributed by atoms with van der Waals surface area (Å²) in [4.78, 5) is 46.1. The fraction of sp³-hybridized carbons (Fsp3) is 0.467. The fourth-order valence-corrected chi connectivity index (χ4v) is 2.08. The molecule has 7 nitrogen and oxygen atoms in total. The van der Waals surface area contributed by atoms with Gasteiger partial charge in [0, 0.05) is 26.2 Å². The summed E-state index contributed by atoms with van der Waals surface area (Å²) in [5.41, 5.74) is -1.05. The highest BCUT2D eigenvalue weighted by atomic mass is 35.5. The number of esters is 3. The topological polar surface area (TPSA) is 96.0 Å². The Morgan fingerprint density at radius 2 is 1.52 bits per heavy atom. The number of carbonyl (C=O) groups excluding carboxylic acids is 4. The molecule has 0 N–H and O–H groups in total. The number of ketones is 1. The first-order chi connectivity index (χ1) is 10.5. The van der Waals surface area contributed by atoms with Gasteiger partial charge in [0.2, 0.25) is 5.78 Å². The first kappa shape index (κ1) is 18.9. The van der Waals surface area contributed by atoms with E-state index in [0.29, 0.717) is 0 Å². The maximum Gasteiger partial charge on any atom is 0.308 e. The van der Waals surface area contributed by atoms with Gasteiger partial charge in [-0.25, -0.2) is 0 Å². The highest BCUT2D eigenvalue weighted by molar-refractivity contribution is 6.34. The maximum atomic E-state index is 12.5. The van der Waals surface area contributed by atoms with Crippen molar-refractivity contribution in [2.45, 2.75) is 40.9 Å². The molecule has 0 bridgehead atoms. The zero-order valence-electron chi connectivity index (χ0n) is 13.4. The van der Waals surface area contributed by atoms with Gasteiger partial charge in [0.05, 0.1) is 10.6 Å². The average Bonchev–Trinajstić information content (AvgIpc) is 2.37. The van der Waals surface area contributed by atoms with E-state index in [4.69, 9.17) is 25.8 Å². The summed E-state index contributed by atoms with van der Waals surface area (Å²) in [6.07, 6.45) is -0.145. The third kappa shape index (κ3) is 4.66.